The third-order valence-electron chi connectivity index (χ3n) is 5.77. The Morgan fingerprint density at radius 1 is 0.950 bits per heavy atom. The largest absolute Gasteiger partial charge is 0.468 e. The van der Waals surface area contributed by atoms with E-state index >= 15 is 0 Å². The minimum absolute atomic E-state index is 0.0167. The number of piperazine rings is 1. The first-order chi connectivity index (χ1) is 19.0. The highest BCUT2D eigenvalue weighted by Crippen LogP contribution is 2.20. The summed E-state index contributed by atoms with van der Waals surface area (Å²) < 4.78 is 41.8. The highest BCUT2D eigenvalue weighted by molar-refractivity contribution is 7.92. The predicted octanol–water partition coefficient (Wildman–Crippen LogP) is 0.195. The summed E-state index contributed by atoms with van der Waals surface area (Å²) in [6.45, 7) is 4.09. The van der Waals surface area contributed by atoms with Crippen LogP contribution in [0.1, 0.15) is 24.2 Å². The molecule has 0 N–H and O–H groups in total. The van der Waals surface area contributed by atoms with Crippen molar-refractivity contribution < 1.29 is 46.6 Å². The molecule has 0 saturated carbocycles. The van der Waals surface area contributed by atoms with E-state index in [1.165, 1.54) is 33.6 Å². The second-order valence-corrected chi connectivity index (χ2v) is 11.6. The standard InChI is InChI=1S/C24H30N4O10S2/c1-4-37-22(32)16-6-7-17-18(12-16)39-23(28(17)13-21(31)36-3)25-19(29)14-40(34,35)15-20(30)26-8-10-27(11-9-26)24(33)38-5-2/h6-7,12H,4-5,8-11,13-15H2,1-3H3. The molecule has 1 aromatic heterocycles. The van der Waals surface area contributed by atoms with Crippen molar-refractivity contribution >= 4 is 61.2 Å². The Kier molecular flexibility index (Phi) is 10.4. The fraction of sp³-hybridized carbons (Fsp3) is 0.500. The molecule has 40 heavy (non-hydrogen) atoms. The number of thiazole rings is 1. The Morgan fingerprint density at radius 3 is 2.23 bits per heavy atom. The van der Waals surface area contributed by atoms with Crippen LogP contribution in [-0.2, 0) is 45.0 Å². The monoisotopic (exact) mass is 598 g/mol. The third-order valence-corrected chi connectivity index (χ3v) is 8.19. The molecule has 2 heterocycles. The zero-order valence-electron chi connectivity index (χ0n) is 22.3. The van der Waals surface area contributed by atoms with Gasteiger partial charge in [-0.1, -0.05) is 11.3 Å². The lowest BCUT2D eigenvalue weighted by atomic mass is 10.2. The maximum atomic E-state index is 12.7. The van der Waals surface area contributed by atoms with Crippen molar-refractivity contribution in [2.75, 3.05) is 58.0 Å². The van der Waals surface area contributed by atoms with Gasteiger partial charge in [0.1, 0.15) is 18.1 Å². The smallest absolute Gasteiger partial charge is 0.409 e. The second kappa shape index (κ2) is 13.5. The topological polar surface area (TPSA) is 171 Å². The molecule has 0 spiro atoms. The number of aromatic nitrogens is 1. The van der Waals surface area contributed by atoms with E-state index in [1.54, 1.807) is 19.9 Å². The summed E-state index contributed by atoms with van der Waals surface area (Å²) in [5.74, 6) is -4.83. The van der Waals surface area contributed by atoms with Crippen molar-refractivity contribution in [3.8, 4) is 0 Å². The quantitative estimate of drug-likeness (QED) is 0.287. The van der Waals surface area contributed by atoms with Crippen LogP contribution in [0.15, 0.2) is 23.2 Å². The average Bonchev–Trinajstić information content (AvgIpc) is 3.23. The minimum atomic E-state index is -4.18. The zero-order valence-corrected chi connectivity index (χ0v) is 23.9. The summed E-state index contributed by atoms with van der Waals surface area (Å²) >= 11 is 0.970. The molecule has 14 nitrogen and oxygen atoms in total. The number of amides is 3. The molecule has 0 bridgehead atoms. The molecule has 16 heteroatoms. The summed E-state index contributed by atoms with van der Waals surface area (Å²) in [4.78, 5) is 67.9. The lowest BCUT2D eigenvalue weighted by Crippen LogP contribution is -2.52. The molecular weight excluding hydrogens is 568 g/mol. The Labute approximate surface area is 234 Å². The van der Waals surface area contributed by atoms with E-state index in [2.05, 4.69) is 4.99 Å². The number of hydrogen-bond donors (Lipinski definition) is 0. The van der Waals surface area contributed by atoms with Gasteiger partial charge in [0.25, 0.3) is 5.91 Å². The van der Waals surface area contributed by atoms with Crippen molar-refractivity contribution in [3.05, 3.63) is 28.6 Å². The van der Waals surface area contributed by atoms with Gasteiger partial charge in [-0.15, -0.1) is 0 Å². The van der Waals surface area contributed by atoms with Crippen LogP contribution in [-0.4, -0.2) is 111 Å². The normalized spacial score (nSPS) is 14.2. The van der Waals surface area contributed by atoms with Crippen LogP contribution in [0.3, 0.4) is 0 Å². The van der Waals surface area contributed by atoms with Gasteiger partial charge in [-0.3, -0.25) is 14.4 Å². The van der Waals surface area contributed by atoms with E-state index in [0.717, 1.165) is 11.3 Å². The van der Waals surface area contributed by atoms with E-state index in [1.807, 2.05) is 0 Å². The highest BCUT2D eigenvalue weighted by Gasteiger charge is 2.29. The molecule has 1 aliphatic rings. The van der Waals surface area contributed by atoms with Gasteiger partial charge in [-0.2, -0.15) is 4.99 Å². The number of sulfone groups is 1. The van der Waals surface area contributed by atoms with Gasteiger partial charge in [-0.25, -0.2) is 18.0 Å². The summed E-state index contributed by atoms with van der Waals surface area (Å²) in [6, 6.07) is 4.57. The lowest BCUT2D eigenvalue weighted by molar-refractivity contribution is -0.141. The summed E-state index contributed by atoms with van der Waals surface area (Å²) in [5, 5.41) is 0. The molecule has 0 aliphatic carbocycles. The Bertz CT molecular complexity index is 1470. The number of methoxy groups -OCH3 is 1. The van der Waals surface area contributed by atoms with E-state index in [-0.39, 0.29) is 56.3 Å². The van der Waals surface area contributed by atoms with Gasteiger partial charge < -0.3 is 28.6 Å². The number of hydrogen-bond acceptors (Lipinski definition) is 11. The number of benzene rings is 1. The first kappa shape index (κ1) is 30.7. The Balaban J connectivity index is 1.76. The number of ether oxygens (including phenoxy) is 3. The van der Waals surface area contributed by atoms with Crippen LogP contribution in [0.5, 0.6) is 0 Å². The Hall–Kier alpha value is -3.79. The fourth-order valence-electron chi connectivity index (χ4n) is 3.86. The highest BCUT2D eigenvalue weighted by atomic mass is 32.2. The maximum absolute atomic E-state index is 12.7. The predicted molar refractivity (Wildman–Crippen MR) is 142 cm³/mol. The van der Waals surface area contributed by atoms with Gasteiger partial charge in [-0.05, 0) is 32.0 Å². The SMILES string of the molecule is CCOC(=O)c1ccc2c(c1)sc(=NC(=O)CS(=O)(=O)CC(=O)N1CCN(C(=O)OCC)CC1)n2CC(=O)OC. The number of rotatable bonds is 9. The zero-order chi connectivity index (χ0) is 29.4. The molecule has 2 aromatic rings. The summed E-state index contributed by atoms with van der Waals surface area (Å²) in [7, 11) is -2.99. The molecule has 3 rings (SSSR count). The van der Waals surface area contributed by atoms with Crippen LogP contribution in [0.25, 0.3) is 10.2 Å². The van der Waals surface area contributed by atoms with E-state index in [0.29, 0.717) is 10.2 Å². The van der Waals surface area contributed by atoms with Gasteiger partial charge >= 0.3 is 18.0 Å². The third kappa shape index (κ3) is 7.88. The van der Waals surface area contributed by atoms with Gasteiger partial charge in [0.05, 0.1) is 36.1 Å². The van der Waals surface area contributed by atoms with E-state index in [9.17, 15) is 32.4 Å². The molecule has 0 unspecified atom stereocenters. The minimum Gasteiger partial charge on any atom is -0.468 e. The molecule has 1 aliphatic heterocycles. The van der Waals surface area contributed by atoms with E-state index < -0.39 is 51.2 Å². The van der Waals surface area contributed by atoms with Crippen molar-refractivity contribution in [2.24, 2.45) is 4.99 Å². The second-order valence-electron chi connectivity index (χ2n) is 8.55. The molecule has 0 radical (unpaired) electrons. The Morgan fingerprint density at radius 2 is 1.60 bits per heavy atom. The fourth-order valence-corrected chi connectivity index (χ4v) is 6.04. The van der Waals surface area contributed by atoms with Crippen molar-refractivity contribution in [2.45, 2.75) is 20.4 Å². The molecule has 0 atom stereocenters. The first-order valence-electron chi connectivity index (χ1n) is 12.3. The first-order valence-corrected chi connectivity index (χ1v) is 15.0. The molecule has 3 amide bonds. The lowest BCUT2D eigenvalue weighted by Gasteiger charge is -2.34. The molecule has 218 valence electrons. The van der Waals surface area contributed by atoms with Gasteiger partial charge in [0.15, 0.2) is 14.6 Å². The number of nitrogens with zero attached hydrogens (tertiary/aromatic N) is 4. The summed E-state index contributed by atoms with van der Waals surface area (Å²) in [6.07, 6.45) is -0.503. The number of carbonyl (C=O) groups is 5. The molecule has 1 saturated heterocycles. The van der Waals surface area contributed by atoms with Crippen LogP contribution in [0.4, 0.5) is 4.79 Å². The average molecular weight is 599 g/mol. The summed E-state index contributed by atoms with van der Waals surface area (Å²) in [5.41, 5.74) is 0.720. The number of fused-ring (bicyclic) bond motifs is 1. The van der Waals surface area contributed by atoms with Crippen LogP contribution in [0.2, 0.25) is 0 Å². The van der Waals surface area contributed by atoms with Crippen LogP contribution >= 0.6 is 11.3 Å². The molecule has 1 aromatic carbocycles. The van der Waals surface area contributed by atoms with Crippen LogP contribution in [0, 0.1) is 0 Å². The molecule has 1 fully saturated rings. The number of esters is 2. The van der Waals surface area contributed by atoms with Crippen molar-refractivity contribution in [1.82, 2.24) is 14.4 Å². The van der Waals surface area contributed by atoms with Crippen LogP contribution < -0.4 is 4.80 Å². The van der Waals surface area contributed by atoms with E-state index in [4.69, 9.17) is 14.2 Å². The van der Waals surface area contributed by atoms with Gasteiger partial charge in [0.2, 0.25) is 5.91 Å². The number of carbonyl (C=O) groups excluding carboxylic acids is 5. The van der Waals surface area contributed by atoms with Crippen molar-refractivity contribution in [3.63, 3.8) is 0 Å². The molecular formula is C24H30N4O10S2. The maximum Gasteiger partial charge on any atom is 0.409 e. The van der Waals surface area contributed by atoms with Crippen molar-refractivity contribution in [1.29, 1.82) is 0 Å². The van der Waals surface area contributed by atoms with Gasteiger partial charge in [0, 0.05) is 26.2 Å².